The van der Waals surface area contributed by atoms with Crippen molar-refractivity contribution < 1.29 is 9.90 Å². The van der Waals surface area contributed by atoms with Gasteiger partial charge in [0.05, 0.1) is 5.60 Å². The van der Waals surface area contributed by atoms with Crippen molar-refractivity contribution in [3.8, 4) is 0 Å². The molecular weight excluding hydrogens is 240 g/mol. The molecule has 0 radical (unpaired) electrons. The lowest BCUT2D eigenvalue weighted by molar-refractivity contribution is -0.112. The summed E-state index contributed by atoms with van der Waals surface area (Å²) < 4.78 is 0. The molecule has 0 bridgehead atoms. The van der Waals surface area contributed by atoms with Gasteiger partial charge in [0.2, 0.25) is 0 Å². The average molecular weight is 268 g/mol. The first kappa shape index (κ1) is 15.6. The van der Waals surface area contributed by atoms with Gasteiger partial charge in [0, 0.05) is 5.57 Å². The van der Waals surface area contributed by atoms with Crippen molar-refractivity contribution in [2.75, 3.05) is 0 Å². The van der Waals surface area contributed by atoms with Crippen LogP contribution in [0.2, 0.25) is 18.1 Å². The highest BCUT2D eigenvalue weighted by atomic mass is 28.3. The first-order chi connectivity index (χ1) is 8.02. The average Bonchev–Trinajstić information content (AvgIpc) is 2.26. The fourth-order valence-electron chi connectivity index (χ4n) is 2.37. The number of carbonyl (C=O) groups is 1. The van der Waals surface area contributed by atoms with Crippen LogP contribution in [0.5, 0.6) is 0 Å². The van der Waals surface area contributed by atoms with Gasteiger partial charge in [0.25, 0.3) is 0 Å². The van der Waals surface area contributed by atoms with Gasteiger partial charge in [-0.2, -0.15) is 0 Å². The molecule has 0 amide bonds. The summed E-state index contributed by atoms with van der Waals surface area (Å²) in [5.74, 6) is 0. The van der Waals surface area contributed by atoms with Crippen LogP contribution in [0.3, 0.4) is 0 Å². The molecule has 1 fully saturated rings. The molecule has 0 unspecified atom stereocenters. The van der Waals surface area contributed by atoms with Gasteiger partial charge in [-0.25, -0.2) is 0 Å². The van der Waals surface area contributed by atoms with Crippen molar-refractivity contribution in [3.05, 3.63) is 12.2 Å². The van der Waals surface area contributed by atoms with Crippen molar-refractivity contribution >= 4 is 13.5 Å². The molecule has 2 nitrogen and oxygen atoms in total. The maximum Gasteiger partial charge on any atom is 0.138 e. The Morgan fingerprint density at radius 1 is 1.17 bits per heavy atom. The lowest BCUT2D eigenvalue weighted by Gasteiger charge is -2.40. The van der Waals surface area contributed by atoms with Gasteiger partial charge < -0.3 is 9.90 Å². The van der Waals surface area contributed by atoms with Crippen molar-refractivity contribution in [2.45, 2.75) is 76.6 Å². The molecule has 18 heavy (non-hydrogen) atoms. The molecule has 0 saturated heterocycles. The summed E-state index contributed by atoms with van der Waals surface area (Å²) in [4.78, 5) is 12.7. The lowest BCUT2D eigenvalue weighted by atomic mass is 9.80. The normalized spacial score (nSPS) is 20.6. The van der Waals surface area contributed by atoms with E-state index in [2.05, 4.69) is 40.4 Å². The van der Waals surface area contributed by atoms with Crippen molar-refractivity contribution in [1.29, 1.82) is 0 Å². The van der Waals surface area contributed by atoms with Crippen LogP contribution in [0.25, 0.3) is 0 Å². The van der Waals surface area contributed by atoms with E-state index in [-0.39, 0.29) is 10.4 Å². The highest BCUT2D eigenvalue weighted by molar-refractivity contribution is 7.08. The van der Waals surface area contributed by atoms with Gasteiger partial charge in [-0.05, 0) is 17.9 Å². The Balaban J connectivity index is 2.94. The third-order valence-electron chi connectivity index (χ3n) is 4.96. The van der Waals surface area contributed by atoms with Crippen molar-refractivity contribution in [1.82, 2.24) is 0 Å². The van der Waals surface area contributed by atoms with Gasteiger partial charge in [-0.3, -0.25) is 0 Å². The molecule has 0 aromatic heterocycles. The topological polar surface area (TPSA) is 37.3 Å². The molecule has 104 valence electrons. The Morgan fingerprint density at radius 3 is 2.00 bits per heavy atom. The van der Waals surface area contributed by atoms with E-state index in [1.54, 1.807) is 0 Å². The largest absolute Gasteiger partial charge is 0.385 e. The SMILES string of the molecule is C=C(C(=O)[Si](C)(C)C(C)(C)C)C1(O)CCCCC1. The first-order valence-corrected chi connectivity index (χ1v) is 9.99. The molecule has 3 heteroatoms. The van der Waals surface area contributed by atoms with E-state index in [0.717, 1.165) is 19.3 Å². The fraction of sp³-hybridized carbons (Fsp3) is 0.800. The highest BCUT2D eigenvalue weighted by Crippen LogP contribution is 2.41. The zero-order valence-electron chi connectivity index (χ0n) is 12.6. The number of rotatable bonds is 3. The Labute approximate surface area is 112 Å². The van der Waals surface area contributed by atoms with Crippen LogP contribution in [0.4, 0.5) is 0 Å². The molecule has 1 aliphatic rings. The van der Waals surface area contributed by atoms with Gasteiger partial charge >= 0.3 is 0 Å². The van der Waals surface area contributed by atoms with E-state index in [9.17, 15) is 9.90 Å². The Hall–Kier alpha value is -0.413. The molecule has 0 atom stereocenters. The molecule has 0 heterocycles. The second-order valence-electron chi connectivity index (χ2n) is 7.27. The van der Waals surface area contributed by atoms with E-state index < -0.39 is 13.7 Å². The van der Waals surface area contributed by atoms with Crippen LogP contribution in [-0.4, -0.2) is 24.2 Å². The summed E-state index contributed by atoms with van der Waals surface area (Å²) in [5.41, 5.74) is -0.445. The highest BCUT2D eigenvalue weighted by Gasteiger charge is 2.47. The number of hydrogen-bond acceptors (Lipinski definition) is 2. The van der Waals surface area contributed by atoms with Crippen LogP contribution in [-0.2, 0) is 4.79 Å². The van der Waals surface area contributed by atoms with Gasteiger partial charge in [-0.1, -0.05) is 59.7 Å². The van der Waals surface area contributed by atoms with Crippen LogP contribution >= 0.6 is 0 Å². The van der Waals surface area contributed by atoms with Crippen molar-refractivity contribution in [2.24, 2.45) is 0 Å². The quantitative estimate of drug-likeness (QED) is 0.623. The number of hydrogen-bond donors (Lipinski definition) is 1. The van der Waals surface area contributed by atoms with Gasteiger partial charge in [0.15, 0.2) is 0 Å². The zero-order chi connectivity index (χ0) is 14.2. The summed E-state index contributed by atoms with van der Waals surface area (Å²) >= 11 is 0. The van der Waals surface area contributed by atoms with Gasteiger partial charge in [-0.15, -0.1) is 0 Å². The molecule has 0 aromatic carbocycles. The standard InChI is InChI=1S/C15H28O2Si/c1-12(15(17)10-8-7-9-11-15)13(16)18(5,6)14(2,3)4/h17H,1,7-11H2,2-6H3. The maximum atomic E-state index is 12.7. The van der Waals surface area contributed by atoms with E-state index >= 15 is 0 Å². The molecule has 1 rings (SSSR count). The van der Waals surface area contributed by atoms with E-state index in [1.165, 1.54) is 0 Å². The minimum atomic E-state index is -2.10. The predicted molar refractivity (Wildman–Crippen MR) is 79.4 cm³/mol. The smallest absolute Gasteiger partial charge is 0.138 e. The Bertz CT molecular complexity index is 344. The maximum absolute atomic E-state index is 12.7. The van der Waals surface area contributed by atoms with Crippen LogP contribution in [0.15, 0.2) is 12.2 Å². The Kier molecular flexibility index (Phi) is 4.29. The zero-order valence-corrected chi connectivity index (χ0v) is 13.6. The first-order valence-electron chi connectivity index (χ1n) is 6.99. The molecule has 0 aliphatic heterocycles. The summed E-state index contributed by atoms with van der Waals surface area (Å²) in [6.45, 7) is 14.5. The predicted octanol–water partition coefficient (Wildman–Crippen LogP) is 3.85. The number of carbonyl (C=O) groups excluding carboxylic acids is 1. The van der Waals surface area contributed by atoms with Crippen molar-refractivity contribution in [3.63, 3.8) is 0 Å². The number of aliphatic hydroxyl groups is 1. The third kappa shape index (κ3) is 2.77. The summed E-state index contributed by atoms with van der Waals surface area (Å²) in [7, 11) is -2.10. The monoisotopic (exact) mass is 268 g/mol. The molecule has 1 N–H and O–H groups in total. The minimum absolute atomic E-state index is 0.00193. The molecule has 1 saturated carbocycles. The summed E-state index contributed by atoms with van der Waals surface area (Å²) in [6, 6.07) is 0. The minimum Gasteiger partial charge on any atom is -0.385 e. The van der Waals surface area contributed by atoms with E-state index in [4.69, 9.17) is 0 Å². The van der Waals surface area contributed by atoms with Crippen LogP contribution < -0.4 is 0 Å². The Morgan fingerprint density at radius 2 is 1.61 bits per heavy atom. The van der Waals surface area contributed by atoms with E-state index in [0.29, 0.717) is 18.4 Å². The van der Waals surface area contributed by atoms with Gasteiger partial charge in [0.1, 0.15) is 13.5 Å². The third-order valence-corrected chi connectivity index (χ3v) is 10.1. The molecule has 0 spiro atoms. The van der Waals surface area contributed by atoms with Crippen LogP contribution in [0, 0.1) is 0 Å². The van der Waals surface area contributed by atoms with Crippen LogP contribution in [0.1, 0.15) is 52.9 Å². The summed E-state index contributed by atoms with van der Waals surface area (Å²) in [5, 5.41) is 10.8. The molecular formula is C15H28O2Si. The molecule has 0 aromatic rings. The second kappa shape index (κ2) is 4.93. The molecule has 1 aliphatic carbocycles. The van der Waals surface area contributed by atoms with E-state index in [1.807, 2.05) is 0 Å². The second-order valence-corrected chi connectivity index (χ2v) is 12.5. The summed E-state index contributed by atoms with van der Waals surface area (Å²) in [6.07, 6.45) is 4.56. The lowest BCUT2D eigenvalue weighted by Crippen LogP contribution is -2.51. The fourth-order valence-corrected chi connectivity index (χ4v) is 4.04.